The highest BCUT2D eigenvalue weighted by atomic mass is 79.9. The number of hydrogen-bond donors (Lipinski definition) is 2. The lowest BCUT2D eigenvalue weighted by Crippen LogP contribution is -2.21. The minimum atomic E-state index is -1.23. The summed E-state index contributed by atoms with van der Waals surface area (Å²) in [5.41, 5.74) is 0.465. The summed E-state index contributed by atoms with van der Waals surface area (Å²) in [5, 5.41) is 12.4. The van der Waals surface area contributed by atoms with E-state index in [1.807, 2.05) is 0 Å². The fraction of sp³-hybridized carbons (Fsp3) is 0.0714. The first kappa shape index (κ1) is 14.8. The third kappa shape index (κ3) is 3.29. The van der Waals surface area contributed by atoms with Crippen LogP contribution in [0.15, 0.2) is 46.9 Å². The van der Waals surface area contributed by atoms with Crippen molar-refractivity contribution in [1.29, 1.82) is 0 Å². The molecule has 6 heteroatoms. The van der Waals surface area contributed by atoms with E-state index in [0.717, 1.165) is 0 Å². The van der Waals surface area contributed by atoms with E-state index in [-0.39, 0.29) is 5.56 Å². The third-order valence-corrected chi connectivity index (χ3v) is 3.51. The molecular weight excluding hydrogens is 349 g/mol. The maximum Gasteiger partial charge on any atom is 0.330 e. The summed E-state index contributed by atoms with van der Waals surface area (Å²) in [7, 11) is 0. The molecule has 20 heavy (non-hydrogen) atoms. The highest BCUT2D eigenvalue weighted by molar-refractivity contribution is 9.10. The van der Waals surface area contributed by atoms with Crippen molar-refractivity contribution in [2.45, 2.75) is 6.04 Å². The number of benzene rings is 2. The molecule has 1 unspecified atom stereocenters. The maximum absolute atomic E-state index is 13.8. The van der Waals surface area contributed by atoms with Gasteiger partial charge < -0.3 is 10.4 Å². The second kappa shape index (κ2) is 6.24. The molecule has 2 N–H and O–H groups in total. The van der Waals surface area contributed by atoms with Gasteiger partial charge in [-0.3, -0.25) is 0 Å². The van der Waals surface area contributed by atoms with E-state index in [9.17, 15) is 14.3 Å². The summed E-state index contributed by atoms with van der Waals surface area (Å²) in [6, 6.07) is 9.61. The van der Waals surface area contributed by atoms with Gasteiger partial charge in [-0.05, 0) is 30.3 Å². The number of hydrogen-bond acceptors (Lipinski definition) is 2. The fourth-order valence-corrected chi connectivity index (χ4v) is 2.31. The smallest absolute Gasteiger partial charge is 0.330 e. The van der Waals surface area contributed by atoms with E-state index in [2.05, 4.69) is 21.2 Å². The quantitative estimate of drug-likeness (QED) is 0.847. The van der Waals surface area contributed by atoms with Gasteiger partial charge in [0.25, 0.3) is 0 Å². The Hall–Kier alpha value is -1.59. The monoisotopic (exact) mass is 357 g/mol. The summed E-state index contributed by atoms with van der Waals surface area (Å²) in [6.45, 7) is 0. The number of carboxylic acids is 1. The molecule has 0 fully saturated rings. The second-order valence-corrected chi connectivity index (χ2v) is 5.38. The Morgan fingerprint density at radius 2 is 2.00 bits per heavy atom. The van der Waals surface area contributed by atoms with Gasteiger partial charge in [0.05, 0.1) is 10.7 Å². The Labute approximate surface area is 128 Å². The minimum absolute atomic E-state index is 0.0341. The molecule has 2 rings (SSSR count). The Morgan fingerprint density at radius 1 is 1.30 bits per heavy atom. The van der Waals surface area contributed by atoms with E-state index in [4.69, 9.17) is 11.6 Å². The predicted octanol–water partition coefficient (Wildman–Crippen LogP) is 4.48. The van der Waals surface area contributed by atoms with E-state index < -0.39 is 17.8 Å². The number of halogens is 3. The van der Waals surface area contributed by atoms with Crippen LogP contribution >= 0.6 is 27.5 Å². The van der Waals surface area contributed by atoms with Gasteiger partial charge in [-0.1, -0.05) is 39.7 Å². The standard InChI is InChI=1S/C14H10BrClFNO2/c15-8-5-6-11(17)9(7-8)13(14(19)20)18-12-4-2-1-3-10(12)16/h1-7,13,18H,(H,19,20). The van der Waals surface area contributed by atoms with Crippen LogP contribution in [0.3, 0.4) is 0 Å². The molecule has 0 amide bonds. The van der Waals surface area contributed by atoms with Gasteiger partial charge in [-0.25, -0.2) is 9.18 Å². The normalized spacial score (nSPS) is 11.9. The van der Waals surface area contributed by atoms with Crippen LogP contribution in [0.5, 0.6) is 0 Å². The van der Waals surface area contributed by atoms with Crippen molar-refractivity contribution in [2.75, 3.05) is 5.32 Å². The summed E-state index contributed by atoms with van der Waals surface area (Å²) in [6.07, 6.45) is 0. The molecule has 0 saturated heterocycles. The average Bonchev–Trinajstić information content (AvgIpc) is 2.40. The molecule has 2 aromatic rings. The molecule has 0 aliphatic rings. The van der Waals surface area contributed by atoms with Crippen molar-refractivity contribution in [3.63, 3.8) is 0 Å². The van der Waals surface area contributed by atoms with Gasteiger partial charge >= 0.3 is 5.97 Å². The topological polar surface area (TPSA) is 49.3 Å². The maximum atomic E-state index is 13.8. The highest BCUT2D eigenvalue weighted by Crippen LogP contribution is 2.28. The fourth-order valence-electron chi connectivity index (χ4n) is 1.74. The number of anilines is 1. The number of nitrogens with one attached hydrogen (secondary N) is 1. The predicted molar refractivity (Wildman–Crippen MR) is 79.6 cm³/mol. The van der Waals surface area contributed by atoms with Crippen LogP contribution in [-0.2, 0) is 4.79 Å². The first-order valence-electron chi connectivity index (χ1n) is 5.68. The number of aliphatic carboxylic acids is 1. The van der Waals surface area contributed by atoms with Crippen LogP contribution in [0, 0.1) is 5.82 Å². The lowest BCUT2D eigenvalue weighted by molar-refractivity contribution is -0.138. The van der Waals surface area contributed by atoms with Crippen LogP contribution in [-0.4, -0.2) is 11.1 Å². The molecule has 0 aliphatic heterocycles. The molecular formula is C14H10BrClFNO2. The first-order chi connectivity index (χ1) is 9.49. The number of para-hydroxylation sites is 1. The van der Waals surface area contributed by atoms with E-state index in [0.29, 0.717) is 15.2 Å². The molecule has 2 aromatic carbocycles. The largest absolute Gasteiger partial charge is 0.479 e. The van der Waals surface area contributed by atoms with Gasteiger partial charge in [0.15, 0.2) is 6.04 Å². The molecule has 1 atom stereocenters. The first-order valence-corrected chi connectivity index (χ1v) is 6.85. The van der Waals surface area contributed by atoms with Crippen molar-refractivity contribution < 1.29 is 14.3 Å². The minimum Gasteiger partial charge on any atom is -0.479 e. The van der Waals surface area contributed by atoms with Gasteiger partial charge in [-0.15, -0.1) is 0 Å². The molecule has 3 nitrogen and oxygen atoms in total. The lowest BCUT2D eigenvalue weighted by Gasteiger charge is -2.18. The van der Waals surface area contributed by atoms with Crippen molar-refractivity contribution in [3.8, 4) is 0 Å². The highest BCUT2D eigenvalue weighted by Gasteiger charge is 2.24. The van der Waals surface area contributed by atoms with Gasteiger partial charge in [0.1, 0.15) is 5.82 Å². The van der Waals surface area contributed by atoms with Gasteiger partial charge in [0, 0.05) is 10.0 Å². The molecule has 0 spiro atoms. The van der Waals surface area contributed by atoms with Crippen LogP contribution in [0.2, 0.25) is 5.02 Å². The third-order valence-electron chi connectivity index (χ3n) is 2.69. The van der Waals surface area contributed by atoms with Crippen molar-refractivity contribution in [3.05, 3.63) is 63.3 Å². The van der Waals surface area contributed by atoms with Gasteiger partial charge in [0.2, 0.25) is 0 Å². The molecule has 0 heterocycles. The molecule has 0 aliphatic carbocycles. The van der Waals surface area contributed by atoms with Crippen molar-refractivity contribution in [2.24, 2.45) is 0 Å². The van der Waals surface area contributed by atoms with Crippen molar-refractivity contribution in [1.82, 2.24) is 0 Å². The van der Waals surface area contributed by atoms with Crippen LogP contribution in [0.1, 0.15) is 11.6 Å². The van der Waals surface area contributed by atoms with Crippen LogP contribution in [0.4, 0.5) is 10.1 Å². The Kier molecular flexibility index (Phi) is 4.62. The summed E-state index contributed by atoms with van der Waals surface area (Å²) < 4.78 is 14.4. The van der Waals surface area contributed by atoms with E-state index in [1.54, 1.807) is 24.3 Å². The molecule has 0 aromatic heterocycles. The zero-order valence-corrected chi connectivity index (χ0v) is 12.5. The lowest BCUT2D eigenvalue weighted by atomic mass is 10.1. The SMILES string of the molecule is O=C(O)C(Nc1ccccc1Cl)c1cc(Br)ccc1F. The number of carboxylic acid groups (broad SMARTS) is 1. The van der Waals surface area contributed by atoms with Gasteiger partial charge in [-0.2, -0.15) is 0 Å². The Balaban J connectivity index is 2.40. The second-order valence-electron chi connectivity index (χ2n) is 4.06. The zero-order chi connectivity index (χ0) is 14.7. The molecule has 0 bridgehead atoms. The zero-order valence-electron chi connectivity index (χ0n) is 10.1. The van der Waals surface area contributed by atoms with E-state index in [1.165, 1.54) is 18.2 Å². The summed E-state index contributed by atoms with van der Waals surface area (Å²) in [5.74, 6) is -1.79. The Morgan fingerprint density at radius 3 is 2.65 bits per heavy atom. The Bertz CT molecular complexity index is 651. The van der Waals surface area contributed by atoms with Crippen molar-refractivity contribution >= 4 is 39.2 Å². The number of carbonyl (C=O) groups is 1. The number of rotatable bonds is 4. The van der Waals surface area contributed by atoms with Crippen LogP contribution < -0.4 is 5.32 Å². The average molecular weight is 359 g/mol. The summed E-state index contributed by atoms with van der Waals surface area (Å²) >= 11 is 9.17. The molecule has 104 valence electrons. The molecule has 0 saturated carbocycles. The molecule has 0 radical (unpaired) electrons. The summed E-state index contributed by atoms with van der Waals surface area (Å²) in [4.78, 5) is 11.4. The van der Waals surface area contributed by atoms with Crippen LogP contribution in [0.25, 0.3) is 0 Å². The van der Waals surface area contributed by atoms with E-state index >= 15 is 0 Å².